The van der Waals surface area contributed by atoms with Crippen molar-refractivity contribution in [1.29, 1.82) is 0 Å². The summed E-state index contributed by atoms with van der Waals surface area (Å²) in [7, 11) is 1.68. The van der Waals surface area contributed by atoms with Gasteiger partial charge in [0.15, 0.2) is 10.9 Å². The molecule has 0 amide bonds. The molecule has 6 heteroatoms. The van der Waals surface area contributed by atoms with Gasteiger partial charge in [0.05, 0.1) is 30.7 Å². The normalized spacial score (nSPS) is 18.4. The van der Waals surface area contributed by atoms with Crippen LogP contribution in [0.5, 0.6) is 11.5 Å². The molecular formula is C24H26N2O3S. The number of nitrogens with one attached hydrogen (secondary N) is 1. The Morgan fingerprint density at radius 2 is 1.97 bits per heavy atom. The van der Waals surface area contributed by atoms with E-state index in [1.165, 1.54) is 11.3 Å². The van der Waals surface area contributed by atoms with Gasteiger partial charge < -0.3 is 19.9 Å². The summed E-state index contributed by atoms with van der Waals surface area (Å²) < 4.78 is 11.9. The number of benzene rings is 2. The Morgan fingerprint density at radius 3 is 2.73 bits per heavy atom. The van der Waals surface area contributed by atoms with Crippen molar-refractivity contribution >= 4 is 22.2 Å². The summed E-state index contributed by atoms with van der Waals surface area (Å²) in [5, 5.41) is 14.6. The Morgan fingerprint density at radius 1 is 1.10 bits per heavy atom. The van der Waals surface area contributed by atoms with Crippen LogP contribution in [0, 0.1) is 0 Å². The van der Waals surface area contributed by atoms with Crippen molar-refractivity contribution in [1.82, 2.24) is 4.98 Å². The van der Waals surface area contributed by atoms with Gasteiger partial charge in [0.25, 0.3) is 0 Å². The number of hydrogen-bond acceptors (Lipinski definition) is 6. The molecule has 1 atom stereocenters. The van der Waals surface area contributed by atoms with Gasteiger partial charge in [-0.2, -0.15) is 0 Å². The Balaban J connectivity index is 1.52. The second-order valence-electron chi connectivity index (χ2n) is 7.95. The van der Waals surface area contributed by atoms with Crippen molar-refractivity contribution in [2.45, 2.75) is 50.7 Å². The van der Waals surface area contributed by atoms with Gasteiger partial charge in [-0.25, -0.2) is 4.98 Å². The van der Waals surface area contributed by atoms with Crippen LogP contribution in [0.25, 0.3) is 11.1 Å². The molecule has 1 unspecified atom stereocenters. The maximum absolute atomic E-state index is 10.3. The number of para-hydroxylation sites is 1. The third-order valence-corrected chi connectivity index (χ3v) is 6.95. The average Bonchev–Trinajstić information content (AvgIpc) is 3.15. The monoisotopic (exact) mass is 422 g/mol. The summed E-state index contributed by atoms with van der Waals surface area (Å²) in [6.45, 7) is 0. The highest BCUT2D eigenvalue weighted by molar-refractivity contribution is 7.15. The number of thiazole rings is 1. The zero-order valence-corrected chi connectivity index (χ0v) is 17.9. The first-order chi connectivity index (χ1) is 14.7. The van der Waals surface area contributed by atoms with E-state index in [1.807, 2.05) is 30.3 Å². The minimum absolute atomic E-state index is 0.253. The number of nitrogens with zero attached hydrogens (tertiary/aromatic N) is 1. The molecule has 5 rings (SSSR count). The maximum Gasteiger partial charge on any atom is 0.187 e. The number of anilines is 2. The van der Waals surface area contributed by atoms with Crippen molar-refractivity contribution in [3.05, 3.63) is 53.0 Å². The molecule has 1 saturated carbocycles. The summed E-state index contributed by atoms with van der Waals surface area (Å²) in [5.41, 5.74) is 3.83. The summed E-state index contributed by atoms with van der Waals surface area (Å²) >= 11 is 1.63. The molecule has 0 saturated heterocycles. The summed E-state index contributed by atoms with van der Waals surface area (Å²) in [6, 6.07) is 14.2. The van der Waals surface area contributed by atoms with Gasteiger partial charge in [-0.3, -0.25) is 0 Å². The second-order valence-corrected chi connectivity index (χ2v) is 9.03. The molecule has 3 aromatic rings. The topological polar surface area (TPSA) is 63.6 Å². The van der Waals surface area contributed by atoms with Crippen LogP contribution in [0.15, 0.2) is 42.5 Å². The number of fused-ring (bicyclic) bond motifs is 1. The fourth-order valence-corrected chi connectivity index (χ4v) is 5.07. The molecule has 1 heterocycles. The van der Waals surface area contributed by atoms with Crippen LogP contribution in [0.4, 0.5) is 10.8 Å². The number of rotatable bonds is 6. The van der Waals surface area contributed by atoms with E-state index >= 15 is 0 Å². The molecular weight excluding hydrogens is 396 g/mol. The summed E-state index contributed by atoms with van der Waals surface area (Å²) in [6.07, 6.45) is 5.98. The fourth-order valence-electron chi connectivity index (χ4n) is 4.00. The van der Waals surface area contributed by atoms with Crippen LogP contribution in [0.1, 0.15) is 48.8 Å². The van der Waals surface area contributed by atoms with Gasteiger partial charge in [0, 0.05) is 10.4 Å². The van der Waals surface area contributed by atoms with Crippen LogP contribution < -0.4 is 14.8 Å². The van der Waals surface area contributed by atoms with Crippen LogP contribution in [0.2, 0.25) is 0 Å². The molecule has 0 radical (unpaired) electrons. The van der Waals surface area contributed by atoms with Crippen molar-refractivity contribution in [2.24, 2.45) is 0 Å². The van der Waals surface area contributed by atoms with E-state index in [4.69, 9.17) is 14.5 Å². The molecule has 5 nitrogen and oxygen atoms in total. The number of aromatic nitrogens is 1. The minimum atomic E-state index is -0.450. The average molecular weight is 423 g/mol. The Bertz CT molecular complexity index is 1040. The Kier molecular flexibility index (Phi) is 5.35. The van der Waals surface area contributed by atoms with Gasteiger partial charge in [0.2, 0.25) is 0 Å². The number of aryl methyl sites for hydroxylation is 1. The number of hydrogen-bond donors (Lipinski definition) is 2. The Labute approximate surface area is 180 Å². The highest BCUT2D eigenvalue weighted by Crippen LogP contribution is 2.43. The van der Waals surface area contributed by atoms with Gasteiger partial charge in [-0.1, -0.05) is 24.3 Å². The quantitative estimate of drug-likeness (QED) is 0.521. The maximum atomic E-state index is 10.3. The van der Waals surface area contributed by atoms with E-state index in [2.05, 4.69) is 17.4 Å². The van der Waals surface area contributed by atoms with Crippen molar-refractivity contribution in [3.8, 4) is 22.6 Å². The first kappa shape index (κ1) is 19.4. The van der Waals surface area contributed by atoms with E-state index in [0.29, 0.717) is 0 Å². The number of methoxy groups -OCH3 is 1. The SMILES string of the molecule is COc1cccc(-c2cccc(Nc3nc4c(s3)CCCC4O)c2OC2CCC2)c1. The van der Waals surface area contributed by atoms with E-state index in [1.54, 1.807) is 18.4 Å². The first-order valence-corrected chi connectivity index (χ1v) is 11.4. The lowest BCUT2D eigenvalue weighted by Gasteiger charge is -2.29. The molecule has 156 valence electrons. The van der Waals surface area contributed by atoms with Crippen LogP contribution in [0.3, 0.4) is 0 Å². The third-order valence-electron chi connectivity index (χ3n) is 5.90. The van der Waals surface area contributed by atoms with Crippen LogP contribution in [-0.4, -0.2) is 23.3 Å². The Hall–Kier alpha value is -2.57. The predicted molar refractivity (Wildman–Crippen MR) is 120 cm³/mol. The second kappa shape index (κ2) is 8.28. The lowest BCUT2D eigenvalue weighted by Crippen LogP contribution is -2.25. The van der Waals surface area contributed by atoms with Gasteiger partial charge in [-0.15, -0.1) is 11.3 Å². The third kappa shape index (κ3) is 3.77. The van der Waals surface area contributed by atoms with E-state index in [0.717, 1.165) is 71.2 Å². The van der Waals surface area contributed by atoms with Gasteiger partial charge in [0.1, 0.15) is 5.75 Å². The predicted octanol–water partition coefficient (Wildman–Crippen LogP) is 5.86. The number of aliphatic hydroxyl groups is 1. The smallest absolute Gasteiger partial charge is 0.187 e. The van der Waals surface area contributed by atoms with Crippen molar-refractivity contribution in [2.75, 3.05) is 12.4 Å². The molecule has 2 N–H and O–H groups in total. The molecule has 1 fully saturated rings. The molecule has 2 aliphatic rings. The molecule has 0 bridgehead atoms. The molecule has 30 heavy (non-hydrogen) atoms. The minimum Gasteiger partial charge on any atom is -0.497 e. The highest BCUT2D eigenvalue weighted by Gasteiger charge is 2.25. The van der Waals surface area contributed by atoms with E-state index in [-0.39, 0.29) is 6.10 Å². The summed E-state index contributed by atoms with van der Waals surface area (Å²) in [4.78, 5) is 5.88. The first-order valence-electron chi connectivity index (χ1n) is 10.6. The highest BCUT2D eigenvalue weighted by atomic mass is 32.1. The van der Waals surface area contributed by atoms with Gasteiger partial charge in [-0.05, 0) is 62.3 Å². The molecule has 2 aliphatic carbocycles. The fraction of sp³-hybridized carbons (Fsp3) is 0.375. The van der Waals surface area contributed by atoms with Crippen LogP contribution >= 0.6 is 11.3 Å². The zero-order chi connectivity index (χ0) is 20.5. The van der Waals surface area contributed by atoms with Crippen LogP contribution in [-0.2, 0) is 6.42 Å². The largest absolute Gasteiger partial charge is 0.497 e. The van der Waals surface area contributed by atoms with E-state index in [9.17, 15) is 5.11 Å². The molecule has 0 aliphatic heterocycles. The van der Waals surface area contributed by atoms with Crippen molar-refractivity contribution in [3.63, 3.8) is 0 Å². The molecule has 2 aromatic carbocycles. The number of aliphatic hydroxyl groups excluding tert-OH is 1. The lowest BCUT2D eigenvalue weighted by molar-refractivity contribution is 0.122. The standard InChI is InChI=1S/C24H26N2O3S/c1-28-17-9-2-6-15(14-17)18-10-4-11-19(23(18)29-16-7-3-8-16)25-24-26-22-20(27)12-5-13-21(22)30-24/h2,4,6,9-11,14,16,20,27H,3,5,7-8,12-13H2,1H3,(H,25,26). The van der Waals surface area contributed by atoms with Gasteiger partial charge >= 0.3 is 0 Å². The molecule has 0 spiro atoms. The number of ether oxygens (including phenoxy) is 2. The summed E-state index contributed by atoms with van der Waals surface area (Å²) in [5.74, 6) is 1.67. The zero-order valence-electron chi connectivity index (χ0n) is 17.1. The lowest BCUT2D eigenvalue weighted by atomic mass is 9.95. The van der Waals surface area contributed by atoms with Crippen molar-refractivity contribution < 1.29 is 14.6 Å². The van der Waals surface area contributed by atoms with E-state index < -0.39 is 6.10 Å². The molecule has 1 aromatic heterocycles.